The molecule has 0 saturated carbocycles. The number of rotatable bonds is 7. The first-order valence-electron chi connectivity index (χ1n) is 6.29. The van der Waals surface area contributed by atoms with E-state index in [1.54, 1.807) is 0 Å². The van der Waals surface area contributed by atoms with Gasteiger partial charge in [-0.3, -0.25) is 9.48 Å². The van der Waals surface area contributed by atoms with Crippen molar-refractivity contribution in [3.63, 3.8) is 0 Å². The number of nitrogens with zero attached hydrogens (tertiary/aromatic N) is 2. The standard InChI is InChI=1S/C12H20F2N4O/c1-3-12(4-2,8-15)11(19)17-9-5-16-18(6-9)7-10(13)14/h5-6,10H,3-4,7-8,15H2,1-2H3,(H,17,19). The van der Waals surface area contributed by atoms with Gasteiger partial charge in [-0.1, -0.05) is 13.8 Å². The summed E-state index contributed by atoms with van der Waals surface area (Å²) in [7, 11) is 0. The van der Waals surface area contributed by atoms with Crippen LogP contribution in [0.2, 0.25) is 0 Å². The highest BCUT2D eigenvalue weighted by Crippen LogP contribution is 2.26. The molecule has 1 aromatic heterocycles. The zero-order chi connectivity index (χ0) is 14.5. The predicted octanol–water partition coefficient (Wildman–Crippen LogP) is 1.85. The fourth-order valence-electron chi connectivity index (χ4n) is 1.89. The molecule has 0 aliphatic carbocycles. The number of halogens is 2. The Kier molecular flexibility index (Phi) is 5.41. The molecule has 0 radical (unpaired) electrons. The molecule has 0 aromatic carbocycles. The van der Waals surface area contributed by atoms with Crippen molar-refractivity contribution >= 4 is 11.6 Å². The summed E-state index contributed by atoms with van der Waals surface area (Å²) in [5.41, 5.74) is 5.46. The van der Waals surface area contributed by atoms with E-state index in [1.165, 1.54) is 12.4 Å². The topological polar surface area (TPSA) is 72.9 Å². The van der Waals surface area contributed by atoms with Gasteiger partial charge >= 0.3 is 0 Å². The predicted molar refractivity (Wildman–Crippen MR) is 68.9 cm³/mol. The normalized spacial score (nSPS) is 11.9. The number of alkyl halides is 2. The Bertz CT molecular complexity index is 407. The summed E-state index contributed by atoms with van der Waals surface area (Å²) in [6, 6.07) is 0. The lowest BCUT2D eigenvalue weighted by Gasteiger charge is -2.28. The Morgan fingerprint density at radius 1 is 1.53 bits per heavy atom. The second kappa shape index (κ2) is 6.60. The van der Waals surface area contributed by atoms with Crippen molar-refractivity contribution < 1.29 is 13.6 Å². The van der Waals surface area contributed by atoms with Gasteiger partial charge in [0, 0.05) is 12.7 Å². The van der Waals surface area contributed by atoms with Crippen molar-refractivity contribution in [3.05, 3.63) is 12.4 Å². The fourth-order valence-corrected chi connectivity index (χ4v) is 1.89. The van der Waals surface area contributed by atoms with Gasteiger partial charge in [0.2, 0.25) is 5.91 Å². The third-order valence-electron chi connectivity index (χ3n) is 3.44. The Labute approximate surface area is 111 Å². The molecule has 0 bridgehead atoms. The highest BCUT2D eigenvalue weighted by molar-refractivity contribution is 5.95. The number of carbonyl (C=O) groups is 1. The molecular weight excluding hydrogens is 254 g/mol. The van der Waals surface area contributed by atoms with Crippen LogP contribution in [-0.2, 0) is 11.3 Å². The monoisotopic (exact) mass is 274 g/mol. The van der Waals surface area contributed by atoms with Crippen LogP contribution in [0, 0.1) is 5.41 Å². The van der Waals surface area contributed by atoms with E-state index in [9.17, 15) is 13.6 Å². The summed E-state index contributed by atoms with van der Waals surface area (Å²) in [6.07, 6.45) is 1.51. The first-order chi connectivity index (χ1) is 8.97. The Balaban J connectivity index is 2.73. The largest absolute Gasteiger partial charge is 0.329 e. The molecule has 0 spiro atoms. The second-order valence-corrected chi connectivity index (χ2v) is 4.49. The van der Waals surface area contributed by atoms with Gasteiger partial charge in [-0.25, -0.2) is 8.78 Å². The molecule has 5 nitrogen and oxygen atoms in total. The first-order valence-corrected chi connectivity index (χ1v) is 6.29. The first kappa shape index (κ1) is 15.6. The van der Waals surface area contributed by atoms with E-state index in [4.69, 9.17) is 5.73 Å². The maximum Gasteiger partial charge on any atom is 0.257 e. The van der Waals surface area contributed by atoms with Gasteiger partial charge in [0.1, 0.15) is 6.54 Å². The molecular formula is C12H20F2N4O. The van der Waals surface area contributed by atoms with Crippen molar-refractivity contribution in [2.24, 2.45) is 11.1 Å². The molecule has 0 unspecified atom stereocenters. The number of carbonyl (C=O) groups excluding carboxylic acids is 1. The van der Waals surface area contributed by atoms with Crippen LogP contribution in [0.15, 0.2) is 12.4 Å². The number of nitrogens with two attached hydrogens (primary N) is 1. The molecule has 0 aliphatic rings. The van der Waals surface area contributed by atoms with Crippen LogP contribution in [0.25, 0.3) is 0 Å². The van der Waals surface area contributed by atoms with Gasteiger partial charge in [-0.15, -0.1) is 0 Å². The number of nitrogens with one attached hydrogen (secondary N) is 1. The lowest BCUT2D eigenvalue weighted by Crippen LogP contribution is -2.41. The van der Waals surface area contributed by atoms with Crippen LogP contribution < -0.4 is 11.1 Å². The van der Waals surface area contributed by atoms with E-state index in [2.05, 4.69) is 10.4 Å². The summed E-state index contributed by atoms with van der Waals surface area (Å²) in [5, 5.41) is 6.44. The molecule has 19 heavy (non-hydrogen) atoms. The Morgan fingerprint density at radius 2 is 2.16 bits per heavy atom. The van der Waals surface area contributed by atoms with Gasteiger partial charge in [0.25, 0.3) is 6.43 Å². The average Bonchev–Trinajstić information content (AvgIpc) is 2.78. The zero-order valence-electron chi connectivity index (χ0n) is 11.2. The summed E-state index contributed by atoms with van der Waals surface area (Å²) < 4.78 is 25.5. The maximum absolute atomic E-state index is 12.2. The van der Waals surface area contributed by atoms with Crippen LogP contribution in [0.5, 0.6) is 0 Å². The van der Waals surface area contributed by atoms with E-state index < -0.39 is 18.4 Å². The SMILES string of the molecule is CCC(CC)(CN)C(=O)Nc1cnn(CC(F)F)c1. The van der Waals surface area contributed by atoms with E-state index >= 15 is 0 Å². The third kappa shape index (κ3) is 3.73. The molecule has 0 saturated heterocycles. The Morgan fingerprint density at radius 3 is 2.63 bits per heavy atom. The summed E-state index contributed by atoms with van der Waals surface area (Å²) in [4.78, 5) is 12.2. The van der Waals surface area contributed by atoms with Crippen LogP contribution in [0.4, 0.5) is 14.5 Å². The van der Waals surface area contributed by atoms with Gasteiger partial charge in [0.05, 0.1) is 17.3 Å². The molecule has 1 aromatic rings. The van der Waals surface area contributed by atoms with Crippen molar-refractivity contribution in [1.29, 1.82) is 0 Å². The molecule has 108 valence electrons. The lowest BCUT2D eigenvalue weighted by molar-refractivity contribution is -0.125. The fraction of sp³-hybridized carbons (Fsp3) is 0.667. The van der Waals surface area contributed by atoms with E-state index in [-0.39, 0.29) is 12.5 Å². The number of anilines is 1. The van der Waals surface area contributed by atoms with Gasteiger partial charge < -0.3 is 11.1 Å². The number of hydrogen-bond donors (Lipinski definition) is 2. The van der Waals surface area contributed by atoms with E-state index in [0.29, 0.717) is 18.5 Å². The van der Waals surface area contributed by atoms with Crippen LogP contribution >= 0.6 is 0 Å². The van der Waals surface area contributed by atoms with Crippen molar-refractivity contribution in [2.75, 3.05) is 11.9 Å². The minimum Gasteiger partial charge on any atom is -0.329 e. The highest BCUT2D eigenvalue weighted by Gasteiger charge is 2.33. The molecule has 3 N–H and O–H groups in total. The average molecular weight is 274 g/mol. The molecule has 0 aliphatic heterocycles. The number of aromatic nitrogens is 2. The van der Waals surface area contributed by atoms with Gasteiger partial charge in [-0.2, -0.15) is 5.10 Å². The van der Waals surface area contributed by atoms with Crippen LogP contribution in [0.1, 0.15) is 26.7 Å². The molecule has 1 rings (SSSR count). The number of amides is 1. The minimum absolute atomic E-state index is 0.198. The molecule has 1 heterocycles. The molecule has 0 fully saturated rings. The van der Waals surface area contributed by atoms with Crippen LogP contribution in [0.3, 0.4) is 0 Å². The maximum atomic E-state index is 12.2. The van der Waals surface area contributed by atoms with Crippen LogP contribution in [-0.4, -0.2) is 28.7 Å². The molecule has 0 atom stereocenters. The summed E-state index contributed by atoms with van der Waals surface area (Å²) in [6.45, 7) is 3.56. The second-order valence-electron chi connectivity index (χ2n) is 4.49. The van der Waals surface area contributed by atoms with E-state index in [1.807, 2.05) is 13.8 Å². The van der Waals surface area contributed by atoms with Gasteiger partial charge in [0.15, 0.2) is 0 Å². The smallest absolute Gasteiger partial charge is 0.257 e. The lowest BCUT2D eigenvalue weighted by atomic mass is 9.81. The van der Waals surface area contributed by atoms with Gasteiger partial charge in [-0.05, 0) is 12.8 Å². The molecule has 7 heteroatoms. The zero-order valence-corrected chi connectivity index (χ0v) is 11.2. The third-order valence-corrected chi connectivity index (χ3v) is 3.44. The van der Waals surface area contributed by atoms with E-state index in [0.717, 1.165) is 4.68 Å². The van der Waals surface area contributed by atoms with Crippen molar-refractivity contribution in [3.8, 4) is 0 Å². The molecule has 1 amide bonds. The summed E-state index contributed by atoms with van der Waals surface area (Å²) in [5.74, 6) is -0.198. The van der Waals surface area contributed by atoms with Crippen molar-refractivity contribution in [1.82, 2.24) is 9.78 Å². The quantitative estimate of drug-likeness (QED) is 0.797. The van der Waals surface area contributed by atoms with Crippen molar-refractivity contribution in [2.45, 2.75) is 39.7 Å². The highest BCUT2D eigenvalue weighted by atomic mass is 19.3. The minimum atomic E-state index is -2.47. The number of hydrogen-bond acceptors (Lipinski definition) is 3. The summed E-state index contributed by atoms with van der Waals surface area (Å²) >= 11 is 0. The Hall–Kier alpha value is -1.50.